The summed E-state index contributed by atoms with van der Waals surface area (Å²) >= 11 is 0. The van der Waals surface area contributed by atoms with E-state index in [9.17, 15) is 8.42 Å². The molecule has 0 fully saturated rings. The first-order valence-corrected chi connectivity index (χ1v) is 6.27. The second-order valence-electron chi connectivity index (χ2n) is 3.25. The predicted octanol–water partition coefficient (Wildman–Crippen LogP) is 0.202. The molecule has 0 amide bonds. The molecule has 1 N–H and O–H groups in total. The second kappa shape index (κ2) is 4.52. The fraction of sp³-hybridized carbons (Fsp3) is 0.444. The van der Waals surface area contributed by atoms with Crippen LogP contribution < -0.4 is 0 Å². The van der Waals surface area contributed by atoms with Crippen LogP contribution in [0.1, 0.15) is 11.5 Å². The molecule has 0 spiro atoms. The average molecular weight is 215 g/mol. The monoisotopic (exact) mass is 215 g/mol. The largest absolute Gasteiger partial charge is 0.396 e. The Labute approximate surface area is 83.5 Å². The van der Waals surface area contributed by atoms with Crippen molar-refractivity contribution >= 4 is 9.84 Å². The summed E-state index contributed by atoms with van der Waals surface area (Å²) in [6.07, 6.45) is 4.33. The molecule has 1 rings (SSSR count). The molecule has 0 saturated heterocycles. The van der Waals surface area contributed by atoms with Gasteiger partial charge in [-0.05, 0) is 17.7 Å². The molecule has 0 aliphatic rings. The number of aromatic nitrogens is 1. The maximum Gasteiger partial charge on any atom is 0.148 e. The maximum absolute atomic E-state index is 11.0. The fourth-order valence-corrected chi connectivity index (χ4v) is 2.28. The molecule has 5 heteroatoms. The lowest BCUT2D eigenvalue weighted by Crippen LogP contribution is -2.16. The van der Waals surface area contributed by atoms with E-state index in [1.54, 1.807) is 24.5 Å². The van der Waals surface area contributed by atoms with Gasteiger partial charge in [0.05, 0.1) is 12.4 Å². The predicted molar refractivity (Wildman–Crippen MR) is 53.8 cm³/mol. The van der Waals surface area contributed by atoms with Crippen molar-refractivity contribution in [1.29, 1.82) is 0 Å². The Bertz CT molecular complexity index is 374. The smallest absolute Gasteiger partial charge is 0.148 e. The van der Waals surface area contributed by atoms with Gasteiger partial charge in [-0.15, -0.1) is 0 Å². The first kappa shape index (κ1) is 11.1. The van der Waals surface area contributed by atoms with E-state index in [0.29, 0.717) is 0 Å². The summed E-state index contributed by atoms with van der Waals surface area (Å²) in [6.45, 7) is -0.170. The minimum Gasteiger partial charge on any atom is -0.396 e. The Morgan fingerprint density at radius 3 is 2.43 bits per heavy atom. The SMILES string of the molecule is CS(=O)(=O)CC(CO)c1ccncc1. The van der Waals surface area contributed by atoms with Gasteiger partial charge >= 0.3 is 0 Å². The molecule has 0 radical (unpaired) electrons. The third-order valence-electron chi connectivity index (χ3n) is 1.90. The van der Waals surface area contributed by atoms with Crippen LogP contribution in [-0.2, 0) is 9.84 Å². The lowest BCUT2D eigenvalue weighted by Gasteiger charge is -2.12. The topological polar surface area (TPSA) is 67.3 Å². The number of sulfone groups is 1. The zero-order valence-corrected chi connectivity index (χ0v) is 8.74. The van der Waals surface area contributed by atoms with Crippen LogP contribution in [0, 0.1) is 0 Å². The first-order chi connectivity index (χ1) is 6.53. The third-order valence-corrected chi connectivity index (χ3v) is 2.91. The van der Waals surface area contributed by atoms with Gasteiger partial charge in [-0.2, -0.15) is 0 Å². The highest BCUT2D eigenvalue weighted by molar-refractivity contribution is 7.90. The molecule has 14 heavy (non-hydrogen) atoms. The van der Waals surface area contributed by atoms with Gasteiger partial charge in [-0.25, -0.2) is 8.42 Å². The van der Waals surface area contributed by atoms with Crippen molar-refractivity contribution < 1.29 is 13.5 Å². The van der Waals surface area contributed by atoms with Gasteiger partial charge in [0.2, 0.25) is 0 Å². The highest BCUT2D eigenvalue weighted by Gasteiger charge is 2.16. The van der Waals surface area contributed by atoms with E-state index in [0.717, 1.165) is 11.8 Å². The van der Waals surface area contributed by atoms with Crippen molar-refractivity contribution in [2.24, 2.45) is 0 Å². The molecule has 0 saturated carbocycles. The third kappa shape index (κ3) is 3.43. The van der Waals surface area contributed by atoms with Crippen LogP contribution in [0.15, 0.2) is 24.5 Å². The minimum atomic E-state index is -3.06. The maximum atomic E-state index is 11.0. The summed E-state index contributed by atoms with van der Waals surface area (Å²) in [4.78, 5) is 3.83. The zero-order valence-electron chi connectivity index (χ0n) is 7.92. The summed E-state index contributed by atoms with van der Waals surface area (Å²) in [5, 5.41) is 9.06. The fourth-order valence-electron chi connectivity index (χ4n) is 1.26. The van der Waals surface area contributed by atoms with E-state index in [-0.39, 0.29) is 18.3 Å². The van der Waals surface area contributed by atoms with E-state index in [2.05, 4.69) is 4.98 Å². The summed E-state index contributed by atoms with van der Waals surface area (Å²) in [7, 11) is -3.06. The summed E-state index contributed by atoms with van der Waals surface area (Å²) in [6, 6.07) is 3.43. The van der Waals surface area contributed by atoms with Crippen LogP contribution in [0.2, 0.25) is 0 Å². The summed E-state index contributed by atoms with van der Waals surface area (Å²) < 4.78 is 22.1. The van der Waals surface area contributed by atoms with E-state index in [1.165, 1.54) is 0 Å². The van der Waals surface area contributed by atoms with Gasteiger partial charge in [0.1, 0.15) is 9.84 Å². The highest BCUT2D eigenvalue weighted by atomic mass is 32.2. The molecule has 1 aromatic heterocycles. The quantitative estimate of drug-likeness (QED) is 0.779. The van der Waals surface area contributed by atoms with Crippen LogP contribution in [0.5, 0.6) is 0 Å². The van der Waals surface area contributed by atoms with Crippen molar-refractivity contribution in [1.82, 2.24) is 4.98 Å². The molecule has 0 bridgehead atoms. The lowest BCUT2D eigenvalue weighted by molar-refractivity contribution is 0.273. The number of pyridine rings is 1. The zero-order chi connectivity index (χ0) is 10.6. The average Bonchev–Trinajstić information content (AvgIpc) is 2.14. The first-order valence-electron chi connectivity index (χ1n) is 4.21. The molecule has 1 heterocycles. The van der Waals surface area contributed by atoms with Gasteiger partial charge in [0.25, 0.3) is 0 Å². The Balaban J connectivity index is 2.84. The van der Waals surface area contributed by atoms with Gasteiger partial charge in [-0.3, -0.25) is 4.98 Å². The summed E-state index contributed by atoms with van der Waals surface area (Å²) in [5.74, 6) is -0.388. The number of hydrogen-bond donors (Lipinski definition) is 1. The number of aliphatic hydroxyl groups excluding tert-OH is 1. The molecular weight excluding hydrogens is 202 g/mol. The number of rotatable bonds is 4. The van der Waals surface area contributed by atoms with E-state index in [4.69, 9.17) is 5.11 Å². The molecule has 0 aromatic carbocycles. The molecule has 0 aliphatic heterocycles. The van der Waals surface area contributed by atoms with Gasteiger partial charge in [0, 0.05) is 24.6 Å². The van der Waals surface area contributed by atoms with Crippen molar-refractivity contribution in [3.63, 3.8) is 0 Å². The van der Waals surface area contributed by atoms with Gasteiger partial charge < -0.3 is 5.11 Å². The van der Waals surface area contributed by atoms with Gasteiger partial charge in [-0.1, -0.05) is 0 Å². The highest BCUT2D eigenvalue weighted by Crippen LogP contribution is 2.15. The van der Waals surface area contributed by atoms with E-state index < -0.39 is 9.84 Å². The Kier molecular flexibility index (Phi) is 3.60. The van der Waals surface area contributed by atoms with Crippen molar-refractivity contribution in [2.45, 2.75) is 5.92 Å². The van der Waals surface area contributed by atoms with Crippen molar-refractivity contribution in [3.05, 3.63) is 30.1 Å². The Morgan fingerprint density at radius 2 is 2.00 bits per heavy atom. The van der Waals surface area contributed by atoms with Crippen LogP contribution in [-0.4, -0.2) is 37.1 Å². The molecular formula is C9H13NO3S. The van der Waals surface area contributed by atoms with Crippen LogP contribution in [0.3, 0.4) is 0 Å². The molecule has 78 valence electrons. The summed E-state index contributed by atoms with van der Waals surface area (Å²) in [5.41, 5.74) is 0.799. The molecule has 4 nitrogen and oxygen atoms in total. The van der Waals surface area contributed by atoms with Crippen LogP contribution in [0.4, 0.5) is 0 Å². The molecule has 1 atom stereocenters. The van der Waals surface area contributed by atoms with Crippen LogP contribution in [0.25, 0.3) is 0 Å². The molecule has 0 aliphatic carbocycles. The Morgan fingerprint density at radius 1 is 1.43 bits per heavy atom. The normalized spacial score (nSPS) is 13.9. The van der Waals surface area contributed by atoms with Crippen molar-refractivity contribution in [3.8, 4) is 0 Å². The minimum absolute atomic E-state index is 0.0342. The molecule has 1 aromatic rings. The number of aliphatic hydroxyl groups is 1. The van der Waals surface area contributed by atoms with E-state index in [1.807, 2.05) is 0 Å². The van der Waals surface area contributed by atoms with Crippen LogP contribution >= 0.6 is 0 Å². The van der Waals surface area contributed by atoms with Crippen molar-refractivity contribution in [2.75, 3.05) is 18.6 Å². The Hall–Kier alpha value is -0.940. The molecule has 1 unspecified atom stereocenters. The van der Waals surface area contributed by atoms with Gasteiger partial charge in [0.15, 0.2) is 0 Å². The van der Waals surface area contributed by atoms with E-state index >= 15 is 0 Å². The standard InChI is InChI=1S/C9H13NO3S/c1-14(12,13)7-9(6-11)8-2-4-10-5-3-8/h2-5,9,11H,6-7H2,1H3. The number of hydrogen-bond acceptors (Lipinski definition) is 4. The second-order valence-corrected chi connectivity index (χ2v) is 5.44. The number of nitrogens with zero attached hydrogens (tertiary/aromatic N) is 1. The lowest BCUT2D eigenvalue weighted by atomic mass is 10.0.